The van der Waals surface area contributed by atoms with E-state index >= 15 is 0 Å². The van der Waals surface area contributed by atoms with Gasteiger partial charge >= 0.3 is 0 Å². The molecule has 1 aliphatic rings. The molecule has 0 bridgehead atoms. The molecule has 4 rings (SSSR count). The van der Waals surface area contributed by atoms with Gasteiger partial charge in [0.1, 0.15) is 11.4 Å². The van der Waals surface area contributed by atoms with E-state index in [0.717, 1.165) is 5.56 Å². The average Bonchev–Trinajstić information content (AvgIpc) is 2.79. The number of carbonyl (C=O) groups excluding carboxylic acids is 2. The molecular weight excluding hydrogens is 420 g/mol. The van der Waals surface area contributed by atoms with E-state index in [2.05, 4.69) is 20.3 Å². The summed E-state index contributed by atoms with van der Waals surface area (Å²) in [6.07, 6.45) is 1.74. The van der Waals surface area contributed by atoms with Crippen LogP contribution in [0.2, 0.25) is 0 Å². The number of aryl methyl sites for hydroxylation is 1. The Hall–Kier alpha value is -3.85. The van der Waals surface area contributed by atoms with Crippen LogP contribution in [0.15, 0.2) is 48.7 Å². The first-order chi connectivity index (χ1) is 15.7. The smallest absolute Gasteiger partial charge is 0.267 e. The van der Waals surface area contributed by atoms with Crippen molar-refractivity contribution in [2.45, 2.75) is 32.9 Å². The van der Waals surface area contributed by atoms with Crippen LogP contribution in [0.3, 0.4) is 0 Å². The van der Waals surface area contributed by atoms with E-state index in [4.69, 9.17) is 10.5 Å². The van der Waals surface area contributed by atoms with Crippen LogP contribution >= 0.6 is 0 Å². The lowest BCUT2D eigenvalue weighted by molar-refractivity contribution is -0.135. The molecule has 9 heteroatoms. The van der Waals surface area contributed by atoms with E-state index in [0.29, 0.717) is 48.3 Å². The molecule has 3 N–H and O–H groups in total. The van der Waals surface area contributed by atoms with Crippen molar-refractivity contribution < 1.29 is 14.3 Å². The number of primary amides is 1. The number of rotatable bonds is 6. The zero-order valence-corrected chi connectivity index (χ0v) is 18.8. The third-order valence-corrected chi connectivity index (χ3v) is 5.62. The molecule has 1 fully saturated rings. The van der Waals surface area contributed by atoms with E-state index in [-0.39, 0.29) is 11.6 Å². The quantitative estimate of drug-likeness (QED) is 0.596. The van der Waals surface area contributed by atoms with Crippen molar-refractivity contribution >= 4 is 11.8 Å². The molecule has 3 aromatic rings. The first kappa shape index (κ1) is 22.3. The zero-order valence-electron chi connectivity index (χ0n) is 18.8. The van der Waals surface area contributed by atoms with Crippen LogP contribution in [-0.2, 0) is 11.3 Å². The van der Waals surface area contributed by atoms with Crippen LogP contribution in [0.25, 0.3) is 11.4 Å². The first-order valence-corrected chi connectivity index (χ1v) is 10.6. The Morgan fingerprint density at radius 1 is 1.18 bits per heavy atom. The maximum Gasteiger partial charge on any atom is 0.267 e. The number of piperazine rings is 1. The van der Waals surface area contributed by atoms with Crippen LogP contribution in [0.1, 0.15) is 35.6 Å². The second-order valence-corrected chi connectivity index (χ2v) is 8.47. The molecule has 0 saturated carbocycles. The first-order valence-electron chi connectivity index (χ1n) is 10.6. The lowest BCUT2D eigenvalue weighted by Crippen LogP contribution is -2.61. The molecule has 1 aliphatic heterocycles. The number of benzene rings is 1. The van der Waals surface area contributed by atoms with Crippen molar-refractivity contribution in [1.82, 2.24) is 25.2 Å². The lowest BCUT2D eigenvalue weighted by atomic mass is 9.98. The minimum Gasteiger partial charge on any atom is -0.439 e. The topological polar surface area (TPSA) is 123 Å². The maximum atomic E-state index is 12.3. The number of ether oxygens (including phenoxy) is 1. The molecule has 0 aliphatic carbocycles. The van der Waals surface area contributed by atoms with E-state index in [1.54, 1.807) is 30.5 Å². The highest BCUT2D eigenvalue weighted by Crippen LogP contribution is 2.25. The summed E-state index contributed by atoms with van der Waals surface area (Å²) in [5.74, 6) is 0.802. The molecule has 170 valence electrons. The number of pyridine rings is 1. The fourth-order valence-corrected chi connectivity index (χ4v) is 3.56. The Morgan fingerprint density at radius 2 is 1.94 bits per heavy atom. The van der Waals surface area contributed by atoms with Gasteiger partial charge in [0, 0.05) is 37.5 Å². The highest BCUT2D eigenvalue weighted by molar-refractivity contribution is 5.91. The minimum atomic E-state index is -0.695. The van der Waals surface area contributed by atoms with Crippen LogP contribution in [0, 0.1) is 6.92 Å². The van der Waals surface area contributed by atoms with E-state index in [9.17, 15) is 9.59 Å². The summed E-state index contributed by atoms with van der Waals surface area (Å²) in [4.78, 5) is 39.4. The fraction of sp³-hybridized carbons (Fsp3) is 0.292. The van der Waals surface area contributed by atoms with Gasteiger partial charge in [-0.3, -0.25) is 14.5 Å². The van der Waals surface area contributed by atoms with Crippen LogP contribution in [-0.4, -0.2) is 50.3 Å². The second kappa shape index (κ2) is 8.95. The van der Waals surface area contributed by atoms with Crippen LogP contribution in [0.5, 0.6) is 11.6 Å². The normalized spacial score (nSPS) is 15.7. The molecule has 2 amide bonds. The monoisotopic (exact) mass is 446 g/mol. The van der Waals surface area contributed by atoms with Gasteiger partial charge in [-0.1, -0.05) is 6.07 Å². The lowest BCUT2D eigenvalue weighted by Gasteiger charge is -2.40. The summed E-state index contributed by atoms with van der Waals surface area (Å²) >= 11 is 0. The highest BCUT2D eigenvalue weighted by atomic mass is 16.5. The van der Waals surface area contributed by atoms with Crippen molar-refractivity contribution in [3.63, 3.8) is 0 Å². The molecule has 0 unspecified atom stereocenters. The molecule has 3 heterocycles. The van der Waals surface area contributed by atoms with Crippen molar-refractivity contribution in [2.24, 2.45) is 5.73 Å². The van der Waals surface area contributed by atoms with Gasteiger partial charge in [0.2, 0.25) is 11.8 Å². The van der Waals surface area contributed by atoms with Crippen molar-refractivity contribution in [1.29, 1.82) is 0 Å². The largest absolute Gasteiger partial charge is 0.439 e. The summed E-state index contributed by atoms with van der Waals surface area (Å²) < 4.78 is 5.77. The van der Waals surface area contributed by atoms with Gasteiger partial charge in [0.25, 0.3) is 5.91 Å². The van der Waals surface area contributed by atoms with Crippen molar-refractivity contribution in [2.75, 3.05) is 13.1 Å². The highest BCUT2D eigenvalue weighted by Gasteiger charge is 2.37. The predicted octanol–water partition coefficient (Wildman–Crippen LogP) is 2.45. The fourth-order valence-electron chi connectivity index (χ4n) is 3.56. The molecule has 0 radical (unpaired) electrons. The zero-order chi connectivity index (χ0) is 23.6. The molecule has 0 atom stereocenters. The number of nitrogens with one attached hydrogen (secondary N) is 1. The third kappa shape index (κ3) is 4.98. The second-order valence-electron chi connectivity index (χ2n) is 8.47. The van der Waals surface area contributed by atoms with Crippen LogP contribution < -0.4 is 15.8 Å². The number of hydrogen-bond acceptors (Lipinski definition) is 7. The Kier molecular flexibility index (Phi) is 6.06. The standard InChI is InChI=1S/C24H26N6O3/c1-15-4-9-20(27-13-15)33-18-7-5-16(6-8-18)22-28-17(12-19(29-22)21(25)31)14-30-11-10-26-23(32)24(30,2)3/h4-9,12-13H,10-11,14H2,1-3H3,(H2,25,31)(H,26,32). The summed E-state index contributed by atoms with van der Waals surface area (Å²) in [7, 11) is 0. The van der Waals surface area contributed by atoms with E-state index in [1.807, 2.05) is 43.9 Å². The molecular formula is C24H26N6O3. The molecule has 1 aromatic carbocycles. The average molecular weight is 447 g/mol. The van der Waals surface area contributed by atoms with Crippen molar-refractivity contribution in [3.05, 3.63) is 65.6 Å². The van der Waals surface area contributed by atoms with Gasteiger partial charge in [-0.2, -0.15) is 0 Å². The SMILES string of the molecule is Cc1ccc(Oc2ccc(-c3nc(CN4CCNC(=O)C4(C)C)cc(C(N)=O)n3)cc2)nc1. The number of carbonyl (C=O) groups is 2. The number of nitrogens with zero attached hydrogens (tertiary/aromatic N) is 4. The predicted molar refractivity (Wildman–Crippen MR) is 123 cm³/mol. The van der Waals surface area contributed by atoms with Crippen molar-refractivity contribution in [3.8, 4) is 23.0 Å². The van der Waals surface area contributed by atoms with E-state index < -0.39 is 11.4 Å². The van der Waals surface area contributed by atoms with Gasteiger partial charge in [-0.25, -0.2) is 15.0 Å². The molecule has 9 nitrogen and oxygen atoms in total. The number of nitrogens with two attached hydrogens (primary N) is 1. The van der Waals surface area contributed by atoms with Gasteiger partial charge in [-0.05, 0) is 56.7 Å². The Bertz CT molecular complexity index is 1180. The summed E-state index contributed by atoms with van der Waals surface area (Å²) in [5.41, 5.74) is 7.32. The Balaban J connectivity index is 1.59. The third-order valence-electron chi connectivity index (χ3n) is 5.62. The van der Waals surface area contributed by atoms with Gasteiger partial charge in [0.05, 0.1) is 11.2 Å². The summed E-state index contributed by atoms with van der Waals surface area (Å²) in [6.45, 7) is 7.29. The molecule has 1 saturated heterocycles. The minimum absolute atomic E-state index is 0.0446. The van der Waals surface area contributed by atoms with Gasteiger partial charge < -0.3 is 15.8 Å². The number of hydrogen-bond donors (Lipinski definition) is 2. The molecule has 0 spiro atoms. The number of amides is 2. The molecule has 33 heavy (non-hydrogen) atoms. The summed E-state index contributed by atoms with van der Waals surface area (Å²) in [6, 6.07) is 12.5. The van der Waals surface area contributed by atoms with Crippen LogP contribution in [0.4, 0.5) is 0 Å². The van der Waals surface area contributed by atoms with E-state index in [1.165, 1.54) is 0 Å². The Labute approximate surface area is 192 Å². The Morgan fingerprint density at radius 3 is 2.61 bits per heavy atom. The maximum absolute atomic E-state index is 12.3. The molecule has 2 aromatic heterocycles. The van der Waals surface area contributed by atoms with Gasteiger partial charge in [0.15, 0.2) is 5.82 Å². The number of aromatic nitrogens is 3. The summed E-state index contributed by atoms with van der Waals surface area (Å²) in [5, 5.41) is 2.88. The van der Waals surface area contributed by atoms with Gasteiger partial charge in [-0.15, -0.1) is 0 Å².